The third kappa shape index (κ3) is 4.20. The minimum Gasteiger partial charge on any atom is -0.355 e. The molecule has 118 valence electrons. The van der Waals surface area contributed by atoms with E-state index in [4.69, 9.17) is 0 Å². The van der Waals surface area contributed by atoms with Crippen LogP contribution in [0.4, 0.5) is 0 Å². The standard InChI is InChI=1S/C18H24N2O2/c1-3-17(21)20-11-7-10-16(13-20)18(22)19-12-14(2)15-8-5-4-6-9-15/h3-6,8-9,14,16H,1,7,10-13H2,2H3,(H,19,22)/t14?,16-/m0/s1. The fourth-order valence-corrected chi connectivity index (χ4v) is 2.82. The Balaban J connectivity index is 1.84. The second-order valence-corrected chi connectivity index (χ2v) is 5.88. The molecule has 1 unspecified atom stereocenters. The summed E-state index contributed by atoms with van der Waals surface area (Å²) >= 11 is 0. The number of carbonyl (C=O) groups excluding carboxylic acids is 2. The highest BCUT2D eigenvalue weighted by molar-refractivity contribution is 5.88. The molecular formula is C18H24N2O2. The van der Waals surface area contributed by atoms with E-state index < -0.39 is 0 Å². The number of benzene rings is 1. The molecule has 1 aromatic carbocycles. The number of nitrogens with one attached hydrogen (secondary N) is 1. The van der Waals surface area contributed by atoms with Crippen molar-refractivity contribution in [1.29, 1.82) is 0 Å². The molecule has 0 saturated carbocycles. The fourth-order valence-electron chi connectivity index (χ4n) is 2.82. The number of piperidine rings is 1. The molecule has 4 nitrogen and oxygen atoms in total. The predicted molar refractivity (Wildman–Crippen MR) is 87.4 cm³/mol. The van der Waals surface area contributed by atoms with Crippen molar-refractivity contribution in [1.82, 2.24) is 10.2 Å². The van der Waals surface area contributed by atoms with Gasteiger partial charge in [0.05, 0.1) is 5.92 Å². The van der Waals surface area contributed by atoms with Crippen LogP contribution in [0.3, 0.4) is 0 Å². The molecule has 22 heavy (non-hydrogen) atoms. The lowest BCUT2D eigenvalue weighted by molar-refractivity contribution is -0.132. The maximum Gasteiger partial charge on any atom is 0.245 e. The van der Waals surface area contributed by atoms with Gasteiger partial charge in [0.1, 0.15) is 0 Å². The quantitative estimate of drug-likeness (QED) is 0.849. The summed E-state index contributed by atoms with van der Waals surface area (Å²) in [6.45, 7) is 7.44. The van der Waals surface area contributed by atoms with Gasteiger partial charge in [0.2, 0.25) is 11.8 Å². The number of nitrogens with zero attached hydrogens (tertiary/aromatic N) is 1. The maximum atomic E-state index is 12.3. The van der Waals surface area contributed by atoms with E-state index in [9.17, 15) is 9.59 Å². The van der Waals surface area contributed by atoms with Gasteiger partial charge in [0.25, 0.3) is 0 Å². The van der Waals surface area contributed by atoms with Crippen LogP contribution in [0.15, 0.2) is 43.0 Å². The first-order valence-corrected chi connectivity index (χ1v) is 7.85. The van der Waals surface area contributed by atoms with Crippen LogP contribution in [0, 0.1) is 5.92 Å². The smallest absolute Gasteiger partial charge is 0.245 e. The Labute approximate surface area is 132 Å². The predicted octanol–water partition coefficient (Wildman–Crippen LogP) is 2.33. The van der Waals surface area contributed by atoms with Crippen LogP contribution >= 0.6 is 0 Å². The molecule has 1 aliphatic rings. The number of carbonyl (C=O) groups is 2. The van der Waals surface area contributed by atoms with Crippen LogP contribution in [-0.2, 0) is 9.59 Å². The lowest BCUT2D eigenvalue weighted by Gasteiger charge is -2.31. The number of amides is 2. The van der Waals surface area contributed by atoms with Crippen LogP contribution in [0.1, 0.15) is 31.2 Å². The van der Waals surface area contributed by atoms with E-state index in [2.05, 4.69) is 31.0 Å². The molecule has 0 aliphatic carbocycles. The van der Waals surface area contributed by atoms with E-state index in [0.717, 1.165) is 19.4 Å². The highest BCUT2D eigenvalue weighted by Gasteiger charge is 2.27. The van der Waals surface area contributed by atoms with Gasteiger partial charge in [0, 0.05) is 19.6 Å². The zero-order valence-corrected chi connectivity index (χ0v) is 13.1. The van der Waals surface area contributed by atoms with Gasteiger partial charge in [-0.3, -0.25) is 9.59 Å². The normalized spacial score (nSPS) is 19.3. The maximum absolute atomic E-state index is 12.3. The second kappa shape index (κ2) is 7.78. The number of hydrogen-bond acceptors (Lipinski definition) is 2. The van der Waals surface area contributed by atoms with Crippen LogP contribution in [0.5, 0.6) is 0 Å². The lowest BCUT2D eigenvalue weighted by atomic mass is 9.96. The van der Waals surface area contributed by atoms with Gasteiger partial charge in [-0.2, -0.15) is 0 Å². The summed E-state index contributed by atoms with van der Waals surface area (Å²) in [6, 6.07) is 10.1. The summed E-state index contributed by atoms with van der Waals surface area (Å²) in [5, 5.41) is 3.03. The molecule has 2 amide bonds. The van der Waals surface area contributed by atoms with Gasteiger partial charge < -0.3 is 10.2 Å². The minimum atomic E-state index is -0.111. The molecule has 1 aliphatic heterocycles. The Morgan fingerprint density at radius 1 is 1.41 bits per heavy atom. The minimum absolute atomic E-state index is 0.0457. The van der Waals surface area contributed by atoms with Gasteiger partial charge in [-0.25, -0.2) is 0 Å². The zero-order valence-electron chi connectivity index (χ0n) is 13.1. The monoisotopic (exact) mass is 300 g/mol. The van der Waals surface area contributed by atoms with Crippen LogP contribution in [0.25, 0.3) is 0 Å². The molecule has 4 heteroatoms. The van der Waals surface area contributed by atoms with Crippen LogP contribution in [0.2, 0.25) is 0 Å². The molecule has 0 spiro atoms. The molecule has 0 bridgehead atoms. The van der Waals surface area contributed by atoms with E-state index in [-0.39, 0.29) is 23.7 Å². The van der Waals surface area contributed by atoms with Crippen molar-refractivity contribution in [2.24, 2.45) is 5.92 Å². The van der Waals surface area contributed by atoms with Gasteiger partial charge in [-0.05, 0) is 30.4 Å². The summed E-state index contributed by atoms with van der Waals surface area (Å²) in [6.07, 6.45) is 3.02. The zero-order chi connectivity index (χ0) is 15.9. The van der Waals surface area contributed by atoms with E-state index in [1.54, 1.807) is 4.90 Å². The van der Waals surface area contributed by atoms with Gasteiger partial charge in [-0.1, -0.05) is 43.8 Å². The average molecular weight is 300 g/mol. The van der Waals surface area contributed by atoms with Crippen LogP contribution in [-0.4, -0.2) is 36.3 Å². The Kier molecular flexibility index (Phi) is 5.75. The third-order valence-electron chi connectivity index (χ3n) is 4.23. The van der Waals surface area contributed by atoms with Crippen molar-refractivity contribution in [3.8, 4) is 0 Å². The highest BCUT2D eigenvalue weighted by atomic mass is 16.2. The van der Waals surface area contributed by atoms with Gasteiger partial charge >= 0.3 is 0 Å². The van der Waals surface area contributed by atoms with Crippen molar-refractivity contribution in [2.45, 2.75) is 25.7 Å². The lowest BCUT2D eigenvalue weighted by Crippen LogP contribution is -2.45. The Morgan fingerprint density at radius 2 is 2.14 bits per heavy atom. The van der Waals surface area contributed by atoms with Crippen molar-refractivity contribution in [3.63, 3.8) is 0 Å². The Morgan fingerprint density at radius 3 is 2.82 bits per heavy atom. The summed E-state index contributed by atoms with van der Waals surface area (Å²) < 4.78 is 0. The van der Waals surface area contributed by atoms with Crippen molar-refractivity contribution in [3.05, 3.63) is 48.6 Å². The first-order chi connectivity index (χ1) is 10.6. The van der Waals surface area contributed by atoms with Crippen molar-refractivity contribution in [2.75, 3.05) is 19.6 Å². The SMILES string of the molecule is C=CC(=O)N1CCC[C@H](C(=O)NCC(C)c2ccccc2)C1. The molecule has 1 saturated heterocycles. The van der Waals surface area contributed by atoms with E-state index >= 15 is 0 Å². The van der Waals surface area contributed by atoms with E-state index in [1.165, 1.54) is 11.6 Å². The summed E-state index contributed by atoms with van der Waals surface area (Å²) in [5.41, 5.74) is 1.22. The largest absolute Gasteiger partial charge is 0.355 e. The van der Waals surface area contributed by atoms with Crippen LogP contribution < -0.4 is 5.32 Å². The first kappa shape index (κ1) is 16.3. The highest BCUT2D eigenvalue weighted by Crippen LogP contribution is 2.18. The second-order valence-electron chi connectivity index (χ2n) is 5.88. The molecule has 2 rings (SSSR count). The molecule has 1 aromatic rings. The summed E-state index contributed by atoms with van der Waals surface area (Å²) in [5.74, 6) is 0.125. The van der Waals surface area contributed by atoms with E-state index in [0.29, 0.717) is 13.1 Å². The van der Waals surface area contributed by atoms with E-state index in [1.807, 2.05) is 18.2 Å². The molecule has 1 N–H and O–H groups in total. The first-order valence-electron chi connectivity index (χ1n) is 7.85. The molecule has 0 radical (unpaired) electrons. The van der Waals surface area contributed by atoms with Gasteiger partial charge in [0.15, 0.2) is 0 Å². The molecule has 2 atom stereocenters. The molecular weight excluding hydrogens is 276 g/mol. The van der Waals surface area contributed by atoms with Gasteiger partial charge in [-0.15, -0.1) is 0 Å². The molecule has 0 aromatic heterocycles. The summed E-state index contributed by atoms with van der Waals surface area (Å²) in [4.78, 5) is 25.7. The van der Waals surface area contributed by atoms with Crippen molar-refractivity contribution >= 4 is 11.8 Å². The van der Waals surface area contributed by atoms with Crippen molar-refractivity contribution < 1.29 is 9.59 Å². The number of hydrogen-bond donors (Lipinski definition) is 1. The average Bonchev–Trinajstić information content (AvgIpc) is 2.59. The molecule has 1 fully saturated rings. The number of likely N-dealkylation sites (tertiary alicyclic amines) is 1. The summed E-state index contributed by atoms with van der Waals surface area (Å²) in [7, 11) is 0. The Bertz CT molecular complexity index is 527. The number of rotatable bonds is 5. The topological polar surface area (TPSA) is 49.4 Å². The fraction of sp³-hybridized carbons (Fsp3) is 0.444. The Hall–Kier alpha value is -2.10. The molecule has 1 heterocycles. The third-order valence-corrected chi connectivity index (χ3v) is 4.23.